The SMILES string of the molecule is CC(C)(C)OC(=O)N1CCNC(C(C)(C)CCc2cccc(-c3ccccc3)c2)C1. The first-order valence-corrected chi connectivity index (χ1v) is 11.0. The van der Waals surface area contributed by atoms with Crippen LogP contribution in [0.5, 0.6) is 0 Å². The summed E-state index contributed by atoms with van der Waals surface area (Å²) >= 11 is 0. The first-order chi connectivity index (χ1) is 14.1. The molecular weight excluding hydrogens is 372 g/mol. The Balaban J connectivity index is 1.62. The Morgan fingerprint density at radius 2 is 1.73 bits per heavy atom. The van der Waals surface area contributed by atoms with Crippen molar-refractivity contribution in [1.29, 1.82) is 0 Å². The van der Waals surface area contributed by atoms with Crippen molar-refractivity contribution in [2.45, 2.75) is 59.1 Å². The van der Waals surface area contributed by atoms with Gasteiger partial charge >= 0.3 is 6.09 Å². The number of aryl methyl sites for hydroxylation is 1. The van der Waals surface area contributed by atoms with Gasteiger partial charge in [0.05, 0.1) is 0 Å². The van der Waals surface area contributed by atoms with Gasteiger partial charge in [0.2, 0.25) is 0 Å². The van der Waals surface area contributed by atoms with E-state index in [-0.39, 0.29) is 17.6 Å². The molecular formula is C26H36N2O2. The van der Waals surface area contributed by atoms with E-state index in [1.807, 2.05) is 31.7 Å². The van der Waals surface area contributed by atoms with Crippen LogP contribution in [-0.2, 0) is 11.2 Å². The second-order valence-corrected chi connectivity index (χ2v) is 9.99. The minimum absolute atomic E-state index is 0.0590. The number of piperazine rings is 1. The topological polar surface area (TPSA) is 41.6 Å². The molecule has 0 saturated carbocycles. The molecule has 1 saturated heterocycles. The third-order valence-electron chi connectivity index (χ3n) is 5.86. The maximum absolute atomic E-state index is 12.5. The molecule has 1 heterocycles. The molecule has 1 unspecified atom stereocenters. The second kappa shape index (κ2) is 9.22. The van der Waals surface area contributed by atoms with Gasteiger partial charge in [-0.3, -0.25) is 0 Å². The van der Waals surface area contributed by atoms with Crippen molar-refractivity contribution in [3.8, 4) is 11.1 Å². The molecule has 0 radical (unpaired) electrons. The highest BCUT2D eigenvalue weighted by atomic mass is 16.6. The summed E-state index contributed by atoms with van der Waals surface area (Å²) in [4.78, 5) is 14.4. The summed E-state index contributed by atoms with van der Waals surface area (Å²) < 4.78 is 5.58. The van der Waals surface area contributed by atoms with Gasteiger partial charge < -0.3 is 15.0 Å². The summed E-state index contributed by atoms with van der Waals surface area (Å²) in [7, 11) is 0. The second-order valence-electron chi connectivity index (χ2n) is 9.99. The van der Waals surface area contributed by atoms with Crippen LogP contribution in [0.15, 0.2) is 54.6 Å². The molecule has 162 valence electrons. The van der Waals surface area contributed by atoms with Crippen molar-refractivity contribution in [3.63, 3.8) is 0 Å². The number of carbonyl (C=O) groups excluding carboxylic acids is 1. The molecule has 30 heavy (non-hydrogen) atoms. The van der Waals surface area contributed by atoms with Crippen LogP contribution in [0.25, 0.3) is 11.1 Å². The molecule has 0 aromatic heterocycles. The van der Waals surface area contributed by atoms with Crippen LogP contribution in [0.2, 0.25) is 0 Å². The zero-order chi connectivity index (χ0) is 21.8. The van der Waals surface area contributed by atoms with Crippen molar-refractivity contribution in [2.24, 2.45) is 5.41 Å². The third-order valence-corrected chi connectivity index (χ3v) is 5.86. The number of amides is 1. The van der Waals surface area contributed by atoms with Gasteiger partial charge in [-0.25, -0.2) is 4.79 Å². The van der Waals surface area contributed by atoms with Gasteiger partial charge in [0.15, 0.2) is 0 Å². The van der Waals surface area contributed by atoms with Gasteiger partial charge in [0.25, 0.3) is 0 Å². The van der Waals surface area contributed by atoms with Crippen LogP contribution in [0.3, 0.4) is 0 Å². The quantitative estimate of drug-likeness (QED) is 0.708. The highest BCUT2D eigenvalue weighted by molar-refractivity contribution is 5.68. The van der Waals surface area contributed by atoms with Crippen molar-refractivity contribution >= 4 is 6.09 Å². The smallest absolute Gasteiger partial charge is 0.410 e. The van der Waals surface area contributed by atoms with E-state index >= 15 is 0 Å². The van der Waals surface area contributed by atoms with Gasteiger partial charge in [-0.2, -0.15) is 0 Å². The predicted molar refractivity (Wildman–Crippen MR) is 124 cm³/mol. The lowest BCUT2D eigenvalue weighted by Gasteiger charge is -2.42. The number of nitrogens with zero attached hydrogens (tertiary/aromatic N) is 1. The molecule has 4 nitrogen and oxygen atoms in total. The van der Waals surface area contributed by atoms with Gasteiger partial charge in [-0.15, -0.1) is 0 Å². The van der Waals surface area contributed by atoms with Crippen molar-refractivity contribution in [3.05, 3.63) is 60.2 Å². The van der Waals surface area contributed by atoms with Crippen LogP contribution in [-0.4, -0.2) is 42.3 Å². The zero-order valence-corrected chi connectivity index (χ0v) is 19.1. The Hall–Kier alpha value is -2.33. The Morgan fingerprint density at radius 3 is 2.43 bits per heavy atom. The summed E-state index contributed by atoms with van der Waals surface area (Å²) in [5.74, 6) is 0. The van der Waals surface area contributed by atoms with E-state index in [9.17, 15) is 4.79 Å². The lowest BCUT2D eigenvalue weighted by atomic mass is 9.78. The number of ether oxygens (including phenoxy) is 1. The largest absolute Gasteiger partial charge is 0.444 e. The van der Waals surface area contributed by atoms with Crippen molar-refractivity contribution in [1.82, 2.24) is 10.2 Å². The summed E-state index contributed by atoms with van der Waals surface area (Å²) in [5, 5.41) is 3.63. The molecule has 1 atom stereocenters. The van der Waals surface area contributed by atoms with E-state index in [1.165, 1.54) is 16.7 Å². The number of rotatable bonds is 5. The molecule has 1 aliphatic heterocycles. The fourth-order valence-electron chi connectivity index (χ4n) is 3.94. The third kappa shape index (κ3) is 6.09. The van der Waals surface area contributed by atoms with E-state index in [4.69, 9.17) is 4.74 Å². The lowest BCUT2D eigenvalue weighted by molar-refractivity contribution is 0.0133. The van der Waals surface area contributed by atoms with Crippen LogP contribution in [0, 0.1) is 5.41 Å². The van der Waals surface area contributed by atoms with Gasteiger partial charge in [0, 0.05) is 25.7 Å². The molecule has 1 N–H and O–H groups in total. The van der Waals surface area contributed by atoms with Crippen molar-refractivity contribution in [2.75, 3.05) is 19.6 Å². The lowest BCUT2D eigenvalue weighted by Crippen LogP contribution is -2.58. The Labute approximate surface area is 181 Å². The molecule has 3 rings (SSSR count). The normalized spacial score (nSPS) is 17.6. The summed E-state index contributed by atoms with van der Waals surface area (Å²) in [6.45, 7) is 12.5. The monoisotopic (exact) mass is 408 g/mol. The molecule has 2 aromatic rings. The van der Waals surface area contributed by atoms with Gasteiger partial charge in [-0.1, -0.05) is 68.4 Å². The Morgan fingerprint density at radius 1 is 1.03 bits per heavy atom. The van der Waals surface area contributed by atoms with Gasteiger partial charge in [0.1, 0.15) is 5.60 Å². The molecule has 1 amide bonds. The Kier molecular flexibility index (Phi) is 6.87. The number of hydrogen-bond donors (Lipinski definition) is 1. The highest BCUT2D eigenvalue weighted by Crippen LogP contribution is 2.30. The van der Waals surface area contributed by atoms with Crippen LogP contribution < -0.4 is 5.32 Å². The summed E-state index contributed by atoms with van der Waals surface area (Å²) in [5.41, 5.74) is 3.46. The highest BCUT2D eigenvalue weighted by Gasteiger charge is 2.35. The molecule has 0 aliphatic carbocycles. The fourth-order valence-corrected chi connectivity index (χ4v) is 3.94. The van der Waals surface area contributed by atoms with Crippen LogP contribution in [0.1, 0.15) is 46.6 Å². The maximum atomic E-state index is 12.5. The minimum Gasteiger partial charge on any atom is -0.444 e. The van der Waals surface area contributed by atoms with E-state index < -0.39 is 5.60 Å². The number of nitrogens with one attached hydrogen (secondary N) is 1. The standard InChI is InChI=1S/C26H36N2O2/c1-25(2,3)30-24(29)28-17-16-27-23(19-28)26(4,5)15-14-20-10-9-13-22(18-20)21-11-7-6-8-12-21/h6-13,18,23,27H,14-17,19H2,1-5H3. The van der Waals surface area contributed by atoms with E-state index in [0.29, 0.717) is 13.1 Å². The van der Waals surface area contributed by atoms with Gasteiger partial charge in [-0.05, 0) is 55.7 Å². The minimum atomic E-state index is -0.462. The number of carbonyl (C=O) groups is 1. The Bertz CT molecular complexity index is 840. The fraction of sp³-hybridized carbons (Fsp3) is 0.500. The summed E-state index contributed by atoms with van der Waals surface area (Å²) in [6, 6.07) is 19.6. The average Bonchev–Trinajstić information content (AvgIpc) is 2.72. The van der Waals surface area contributed by atoms with E-state index in [2.05, 4.69) is 67.7 Å². The zero-order valence-electron chi connectivity index (χ0n) is 19.1. The molecule has 2 aromatic carbocycles. The van der Waals surface area contributed by atoms with Crippen molar-refractivity contribution < 1.29 is 9.53 Å². The molecule has 1 aliphatic rings. The van der Waals surface area contributed by atoms with E-state index in [0.717, 1.165) is 19.4 Å². The first kappa shape index (κ1) is 22.4. The molecule has 0 bridgehead atoms. The molecule has 4 heteroatoms. The molecule has 1 fully saturated rings. The maximum Gasteiger partial charge on any atom is 0.410 e. The number of hydrogen-bond acceptors (Lipinski definition) is 3. The predicted octanol–water partition coefficient (Wildman–Crippen LogP) is 5.52. The number of benzene rings is 2. The van der Waals surface area contributed by atoms with Crippen LogP contribution >= 0.6 is 0 Å². The first-order valence-electron chi connectivity index (χ1n) is 11.0. The summed E-state index contributed by atoms with van der Waals surface area (Å²) in [6.07, 6.45) is 1.85. The van der Waals surface area contributed by atoms with E-state index in [1.54, 1.807) is 0 Å². The average molecular weight is 409 g/mol. The van der Waals surface area contributed by atoms with Crippen LogP contribution in [0.4, 0.5) is 4.79 Å². The molecule has 0 spiro atoms.